The lowest BCUT2D eigenvalue weighted by Crippen LogP contribution is -2.12. The monoisotopic (exact) mass is 375 g/mol. The van der Waals surface area contributed by atoms with Gasteiger partial charge in [0.1, 0.15) is 23.8 Å². The minimum absolute atomic E-state index is 0.262. The standard InChI is InChI=1S/C22H18FN3O2/c1-15-12-17(23)7-10-20(15)25-22(27)16-5-8-19(9-6-16)28-14-18-13-26-11-3-2-4-21(26)24-18/h2-13H,14H2,1H3,(H,25,27). The van der Waals surface area contributed by atoms with Gasteiger partial charge in [-0.15, -0.1) is 0 Å². The maximum Gasteiger partial charge on any atom is 0.255 e. The number of hydrogen-bond donors (Lipinski definition) is 1. The summed E-state index contributed by atoms with van der Waals surface area (Å²) in [4.78, 5) is 16.9. The Labute approximate surface area is 161 Å². The number of aromatic nitrogens is 2. The van der Waals surface area contributed by atoms with Gasteiger partial charge in [-0.2, -0.15) is 0 Å². The molecule has 6 heteroatoms. The van der Waals surface area contributed by atoms with Crippen molar-refractivity contribution < 1.29 is 13.9 Å². The number of fused-ring (bicyclic) bond motifs is 1. The summed E-state index contributed by atoms with van der Waals surface area (Å²) in [6.45, 7) is 2.08. The minimum atomic E-state index is -0.331. The van der Waals surface area contributed by atoms with Crippen LogP contribution in [0.25, 0.3) is 5.65 Å². The molecule has 0 radical (unpaired) electrons. The van der Waals surface area contributed by atoms with E-state index in [-0.39, 0.29) is 11.7 Å². The fourth-order valence-electron chi connectivity index (χ4n) is 2.88. The van der Waals surface area contributed by atoms with Crippen molar-refractivity contribution in [2.75, 3.05) is 5.32 Å². The van der Waals surface area contributed by atoms with Crippen molar-refractivity contribution >= 4 is 17.2 Å². The maximum atomic E-state index is 13.2. The highest BCUT2D eigenvalue weighted by atomic mass is 19.1. The number of ether oxygens (including phenoxy) is 1. The molecule has 0 aliphatic heterocycles. The van der Waals surface area contributed by atoms with Gasteiger partial charge in [0.15, 0.2) is 0 Å². The van der Waals surface area contributed by atoms with E-state index in [2.05, 4.69) is 10.3 Å². The third-order valence-electron chi connectivity index (χ3n) is 4.35. The number of imidazole rings is 1. The molecule has 0 unspecified atom stereocenters. The van der Waals surface area contributed by atoms with E-state index in [1.165, 1.54) is 12.1 Å². The predicted molar refractivity (Wildman–Crippen MR) is 105 cm³/mol. The normalized spacial score (nSPS) is 10.8. The number of nitrogens with one attached hydrogen (secondary N) is 1. The summed E-state index contributed by atoms with van der Waals surface area (Å²) in [5.41, 5.74) is 3.42. The van der Waals surface area contributed by atoms with Gasteiger partial charge in [-0.1, -0.05) is 6.07 Å². The largest absolute Gasteiger partial charge is 0.487 e. The fraction of sp³-hybridized carbons (Fsp3) is 0.0909. The van der Waals surface area contributed by atoms with Crippen LogP contribution in [-0.4, -0.2) is 15.3 Å². The third kappa shape index (κ3) is 3.86. The van der Waals surface area contributed by atoms with Crippen molar-refractivity contribution in [3.8, 4) is 5.75 Å². The van der Waals surface area contributed by atoms with Crippen LogP contribution in [0.15, 0.2) is 73.1 Å². The second-order valence-corrected chi connectivity index (χ2v) is 6.42. The zero-order valence-corrected chi connectivity index (χ0v) is 15.2. The molecule has 140 valence electrons. The van der Waals surface area contributed by atoms with Crippen LogP contribution in [0.4, 0.5) is 10.1 Å². The molecule has 2 heterocycles. The van der Waals surface area contributed by atoms with Crippen molar-refractivity contribution in [3.63, 3.8) is 0 Å². The van der Waals surface area contributed by atoms with E-state index >= 15 is 0 Å². The first kappa shape index (κ1) is 17.7. The number of aryl methyl sites for hydroxylation is 1. The van der Waals surface area contributed by atoms with E-state index in [9.17, 15) is 9.18 Å². The molecule has 4 rings (SSSR count). The van der Waals surface area contributed by atoms with Crippen molar-refractivity contribution in [1.29, 1.82) is 0 Å². The fourth-order valence-corrected chi connectivity index (χ4v) is 2.88. The first-order valence-electron chi connectivity index (χ1n) is 8.81. The van der Waals surface area contributed by atoms with Crippen molar-refractivity contribution in [1.82, 2.24) is 9.38 Å². The Bertz CT molecular complexity index is 1100. The Hall–Kier alpha value is -3.67. The van der Waals surface area contributed by atoms with Crippen LogP contribution in [0.1, 0.15) is 21.6 Å². The van der Waals surface area contributed by atoms with Crippen LogP contribution in [0.5, 0.6) is 5.75 Å². The molecule has 2 aromatic heterocycles. The van der Waals surface area contributed by atoms with Crippen LogP contribution >= 0.6 is 0 Å². The van der Waals surface area contributed by atoms with Gasteiger partial charge in [-0.05, 0) is 67.1 Å². The molecule has 1 amide bonds. The Kier molecular flexibility index (Phi) is 4.76. The number of halogens is 1. The summed E-state index contributed by atoms with van der Waals surface area (Å²) in [5, 5.41) is 2.79. The maximum absolute atomic E-state index is 13.2. The van der Waals surface area contributed by atoms with Gasteiger partial charge >= 0.3 is 0 Å². The molecule has 28 heavy (non-hydrogen) atoms. The quantitative estimate of drug-likeness (QED) is 0.554. The molecule has 4 aromatic rings. The topological polar surface area (TPSA) is 55.6 Å². The second-order valence-electron chi connectivity index (χ2n) is 6.42. The zero-order valence-electron chi connectivity index (χ0n) is 15.2. The van der Waals surface area contributed by atoms with Gasteiger partial charge in [0, 0.05) is 23.6 Å². The molecular formula is C22H18FN3O2. The van der Waals surface area contributed by atoms with Crippen LogP contribution in [0.3, 0.4) is 0 Å². The summed E-state index contributed by atoms with van der Waals surface area (Å²) in [7, 11) is 0. The van der Waals surface area contributed by atoms with Gasteiger partial charge < -0.3 is 14.5 Å². The average Bonchev–Trinajstić information content (AvgIpc) is 3.12. The number of carbonyl (C=O) groups excluding carboxylic acids is 1. The summed E-state index contributed by atoms with van der Waals surface area (Å²) in [6, 6.07) is 16.9. The smallest absolute Gasteiger partial charge is 0.255 e. The molecule has 0 aliphatic carbocycles. The summed E-state index contributed by atoms with van der Waals surface area (Å²) < 4.78 is 20.9. The van der Waals surface area contributed by atoms with Crippen molar-refractivity contribution in [2.45, 2.75) is 13.5 Å². The molecule has 0 atom stereocenters. The lowest BCUT2D eigenvalue weighted by atomic mass is 10.1. The van der Waals surface area contributed by atoms with Gasteiger partial charge in [-0.3, -0.25) is 4.79 Å². The zero-order chi connectivity index (χ0) is 19.5. The molecular weight excluding hydrogens is 357 g/mol. The Morgan fingerprint density at radius 2 is 1.96 bits per heavy atom. The lowest BCUT2D eigenvalue weighted by Gasteiger charge is -2.09. The predicted octanol–water partition coefficient (Wildman–Crippen LogP) is 4.61. The summed E-state index contributed by atoms with van der Waals surface area (Å²) in [6.07, 6.45) is 3.85. The Morgan fingerprint density at radius 1 is 1.14 bits per heavy atom. The van der Waals surface area contributed by atoms with E-state index < -0.39 is 0 Å². The van der Waals surface area contributed by atoms with Crippen molar-refractivity contribution in [3.05, 3.63) is 95.7 Å². The SMILES string of the molecule is Cc1cc(F)ccc1NC(=O)c1ccc(OCc2cn3ccccc3n2)cc1. The molecule has 5 nitrogen and oxygen atoms in total. The number of nitrogens with zero attached hydrogens (tertiary/aromatic N) is 2. The Balaban J connectivity index is 1.39. The van der Waals surface area contributed by atoms with E-state index in [4.69, 9.17) is 4.74 Å². The van der Waals surface area contributed by atoms with Crippen LogP contribution in [0.2, 0.25) is 0 Å². The first-order valence-corrected chi connectivity index (χ1v) is 8.81. The van der Waals surface area contributed by atoms with Crippen LogP contribution in [-0.2, 0) is 6.61 Å². The van der Waals surface area contributed by atoms with E-state index in [0.717, 1.165) is 11.3 Å². The number of amides is 1. The summed E-state index contributed by atoms with van der Waals surface area (Å²) >= 11 is 0. The average molecular weight is 375 g/mol. The molecule has 0 spiro atoms. The highest BCUT2D eigenvalue weighted by Gasteiger charge is 2.09. The van der Waals surface area contributed by atoms with Gasteiger partial charge in [0.25, 0.3) is 5.91 Å². The number of pyridine rings is 1. The second kappa shape index (κ2) is 7.52. The van der Waals surface area contributed by atoms with E-state index in [1.54, 1.807) is 37.3 Å². The molecule has 0 fully saturated rings. The molecule has 0 saturated heterocycles. The molecule has 2 aromatic carbocycles. The molecule has 0 bridgehead atoms. The van der Waals surface area contributed by atoms with Gasteiger partial charge in [0.2, 0.25) is 0 Å². The number of benzene rings is 2. The number of anilines is 1. The van der Waals surface area contributed by atoms with Gasteiger partial charge in [-0.25, -0.2) is 9.37 Å². The number of hydrogen-bond acceptors (Lipinski definition) is 3. The highest BCUT2D eigenvalue weighted by Crippen LogP contribution is 2.19. The van der Waals surface area contributed by atoms with Gasteiger partial charge in [0.05, 0.1) is 5.69 Å². The summed E-state index contributed by atoms with van der Waals surface area (Å²) in [5.74, 6) is 0.0517. The van der Waals surface area contributed by atoms with Crippen LogP contribution in [0, 0.1) is 12.7 Å². The van der Waals surface area contributed by atoms with Crippen molar-refractivity contribution in [2.24, 2.45) is 0 Å². The Morgan fingerprint density at radius 3 is 2.71 bits per heavy atom. The van der Waals surface area contributed by atoms with Crippen LogP contribution < -0.4 is 10.1 Å². The minimum Gasteiger partial charge on any atom is -0.487 e. The third-order valence-corrected chi connectivity index (χ3v) is 4.35. The first-order chi connectivity index (χ1) is 13.6. The highest BCUT2D eigenvalue weighted by molar-refractivity contribution is 6.04. The molecule has 0 aliphatic rings. The molecule has 0 saturated carbocycles. The van der Waals surface area contributed by atoms with E-state index in [1.807, 2.05) is 35.0 Å². The number of rotatable bonds is 5. The van der Waals surface area contributed by atoms with E-state index in [0.29, 0.717) is 29.2 Å². The lowest BCUT2D eigenvalue weighted by molar-refractivity contribution is 0.102. The number of carbonyl (C=O) groups is 1. The molecule has 1 N–H and O–H groups in total.